The number of halogens is 1. The Bertz CT molecular complexity index is 871. The zero-order valence-electron chi connectivity index (χ0n) is 14.1. The number of hydrogen-bond acceptors (Lipinski definition) is 5. The van der Waals surface area contributed by atoms with Gasteiger partial charge in [0.25, 0.3) is 0 Å². The molecule has 3 aromatic rings. The predicted octanol–water partition coefficient (Wildman–Crippen LogP) is 2.50. The van der Waals surface area contributed by atoms with Gasteiger partial charge in [-0.2, -0.15) is 5.10 Å². The molecule has 3 heterocycles. The summed E-state index contributed by atoms with van der Waals surface area (Å²) in [4.78, 5) is 7.08. The number of anilines is 1. The van der Waals surface area contributed by atoms with Gasteiger partial charge in [0.15, 0.2) is 5.65 Å². The molecule has 0 radical (unpaired) electrons. The number of nitrogens with one attached hydrogen (secondary N) is 1. The number of rotatable bonds is 4. The van der Waals surface area contributed by atoms with Crippen LogP contribution in [0.2, 0.25) is 0 Å². The SMILES string of the molecule is COc1ccc(Cn2ncc3c(N4CCNCC4)c(I)cnc32)cc1. The predicted molar refractivity (Wildman–Crippen MR) is 107 cm³/mol. The summed E-state index contributed by atoms with van der Waals surface area (Å²) < 4.78 is 8.37. The van der Waals surface area contributed by atoms with Crippen LogP contribution in [0.5, 0.6) is 5.75 Å². The Morgan fingerprint density at radius 1 is 1.16 bits per heavy atom. The summed E-state index contributed by atoms with van der Waals surface area (Å²) in [6.07, 6.45) is 3.90. The van der Waals surface area contributed by atoms with E-state index in [9.17, 15) is 0 Å². The fourth-order valence-electron chi connectivity index (χ4n) is 3.22. The standard InChI is InChI=1S/C18H20IN5O/c1-25-14-4-2-13(3-5-14)12-24-18-15(10-22-24)17(16(19)11-21-18)23-8-6-20-7-9-23/h2-5,10-11,20H,6-9,12H2,1H3. The molecule has 0 amide bonds. The summed E-state index contributed by atoms with van der Waals surface area (Å²) in [5, 5.41) is 9.14. The van der Waals surface area contributed by atoms with Crippen molar-refractivity contribution in [2.24, 2.45) is 0 Å². The lowest BCUT2D eigenvalue weighted by molar-refractivity contribution is 0.414. The maximum Gasteiger partial charge on any atom is 0.160 e. The lowest BCUT2D eigenvalue weighted by atomic mass is 10.2. The van der Waals surface area contributed by atoms with Crippen molar-refractivity contribution in [1.82, 2.24) is 20.1 Å². The molecule has 4 rings (SSSR count). The summed E-state index contributed by atoms with van der Waals surface area (Å²) in [5.41, 5.74) is 3.37. The van der Waals surface area contributed by atoms with Gasteiger partial charge < -0.3 is 15.0 Å². The minimum absolute atomic E-state index is 0.697. The third-order valence-corrected chi connectivity index (χ3v) is 5.31. The molecule has 130 valence electrons. The maximum absolute atomic E-state index is 5.22. The van der Waals surface area contributed by atoms with Gasteiger partial charge in [-0.1, -0.05) is 12.1 Å². The highest BCUT2D eigenvalue weighted by Crippen LogP contribution is 2.31. The first-order valence-electron chi connectivity index (χ1n) is 8.35. The third kappa shape index (κ3) is 3.30. The van der Waals surface area contributed by atoms with Crippen LogP contribution in [-0.4, -0.2) is 48.1 Å². The third-order valence-electron chi connectivity index (χ3n) is 4.52. The smallest absolute Gasteiger partial charge is 0.160 e. The molecule has 0 atom stereocenters. The molecule has 1 N–H and O–H groups in total. The summed E-state index contributed by atoms with van der Waals surface area (Å²) in [7, 11) is 1.68. The van der Waals surface area contributed by atoms with Gasteiger partial charge in [-0.25, -0.2) is 9.67 Å². The largest absolute Gasteiger partial charge is 0.497 e. The topological polar surface area (TPSA) is 55.2 Å². The fourth-order valence-corrected chi connectivity index (χ4v) is 3.99. The Kier molecular flexibility index (Phi) is 4.76. The van der Waals surface area contributed by atoms with Crippen molar-refractivity contribution in [3.63, 3.8) is 0 Å². The van der Waals surface area contributed by atoms with Crippen LogP contribution in [0.15, 0.2) is 36.7 Å². The maximum atomic E-state index is 5.22. The molecule has 6 nitrogen and oxygen atoms in total. The Balaban J connectivity index is 1.69. The highest BCUT2D eigenvalue weighted by Gasteiger charge is 2.19. The molecule has 0 saturated carbocycles. The second kappa shape index (κ2) is 7.17. The molecule has 1 fully saturated rings. The Morgan fingerprint density at radius 2 is 1.92 bits per heavy atom. The molecule has 1 aliphatic heterocycles. The van der Waals surface area contributed by atoms with Gasteiger partial charge in [0.1, 0.15) is 5.75 Å². The molecule has 1 aliphatic rings. The van der Waals surface area contributed by atoms with Crippen molar-refractivity contribution in [3.05, 3.63) is 45.8 Å². The molecule has 0 unspecified atom stereocenters. The van der Waals surface area contributed by atoms with Gasteiger partial charge in [0, 0.05) is 32.4 Å². The van der Waals surface area contributed by atoms with Gasteiger partial charge in [0.2, 0.25) is 0 Å². The summed E-state index contributed by atoms with van der Waals surface area (Å²) in [6, 6.07) is 8.08. The molecule has 7 heteroatoms. The second-order valence-corrected chi connectivity index (χ2v) is 7.24. The molecule has 0 spiro atoms. The van der Waals surface area contributed by atoms with Crippen molar-refractivity contribution >= 4 is 39.3 Å². The van der Waals surface area contributed by atoms with E-state index in [4.69, 9.17) is 4.74 Å². The van der Waals surface area contributed by atoms with Gasteiger partial charge in [-0.15, -0.1) is 0 Å². The highest BCUT2D eigenvalue weighted by atomic mass is 127. The molecule has 2 aromatic heterocycles. The number of nitrogens with zero attached hydrogens (tertiary/aromatic N) is 4. The van der Waals surface area contributed by atoms with Crippen molar-refractivity contribution in [2.75, 3.05) is 38.2 Å². The Labute approximate surface area is 160 Å². The van der Waals surface area contributed by atoms with E-state index in [1.165, 1.54) is 14.8 Å². The van der Waals surface area contributed by atoms with Crippen LogP contribution >= 0.6 is 22.6 Å². The van der Waals surface area contributed by atoms with Gasteiger partial charge in [0.05, 0.1) is 34.5 Å². The molecule has 25 heavy (non-hydrogen) atoms. The van der Waals surface area contributed by atoms with E-state index in [2.05, 4.69) is 55.0 Å². The molecule has 0 bridgehead atoms. The van der Waals surface area contributed by atoms with Gasteiger partial charge in [-0.05, 0) is 40.3 Å². The number of ether oxygens (including phenoxy) is 1. The van der Waals surface area contributed by atoms with Gasteiger partial charge in [-0.3, -0.25) is 0 Å². The van der Waals surface area contributed by atoms with E-state index < -0.39 is 0 Å². The number of benzene rings is 1. The van der Waals surface area contributed by atoms with Crippen LogP contribution < -0.4 is 15.0 Å². The fraction of sp³-hybridized carbons (Fsp3) is 0.333. The second-order valence-electron chi connectivity index (χ2n) is 6.08. The summed E-state index contributed by atoms with van der Waals surface area (Å²) in [5.74, 6) is 0.864. The summed E-state index contributed by atoms with van der Waals surface area (Å²) in [6.45, 7) is 4.75. The van der Waals surface area contributed by atoms with E-state index >= 15 is 0 Å². The molecule has 1 saturated heterocycles. The average Bonchev–Trinajstić information content (AvgIpc) is 3.05. The Morgan fingerprint density at radius 3 is 2.64 bits per heavy atom. The van der Waals surface area contributed by atoms with Crippen LogP contribution in [0, 0.1) is 3.57 Å². The van der Waals surface area contributed by atoms with Gasteiger partial charge >= 0.3 is 0 Å². The number of fused-ring (bicyclic) bond motifs is 1. The number of piperazine rings is 1. The van der Waals surface area contributed by atoms with Crippen molar-refractivity contribution in [3.8, 4) is 5.75 Å². The number of pyridine rings is 1. The highest BCUT2D eigenvalue weighted by molar-refractivity contribution is 14.1. The normalized spacial score (nSPS) is 14.9. The molecule has 1 aromatic carbocycles. The average molecular weight is 449 g/mol. The minimum Gasteiger partial charge on any atom is -0.497 e. The molecular weight excluding hydrogens is 429 g/mol. The number of methoxy groups -OCH3 is 1. The van der Waals surface area contributed by atoms with Crippen LogP contribution in [0.4, 0.5) is 5.69 Å². The molecule has 0 aliphatic carbocycles. The monoisotopic (exact) mass is 449 g/mol. The van der Waals surface area contributed by atoms with Crippen molar-refractivity contribution in [2.45, 2.75) is 6.54 Å². The first-order valence-corrected chi connectivity index (χ1v) is 9.43. The van der Waals surface area contributed by atoms with Crippen LogP contribution in [0.25, 0.3) is 11.0 Å². The quantitative estimate of drug-likeness (QED) is 0.621. The Hall–Kier alpha value is -1.87. The van der Waals surface area contributed by atoms with Crippen LogP contribution in [0.3, 0.4) is 0 Å². The lowest BCUT2D eigenvalue weighted by Crippen LogP contribution is -2.43. The van der Waals surface area contributed by atoms with E-state index in [1.54, 1.807) is 7.11 Å². The van der Waals surface area contributed by atoms with Crippen molar-refractivity contribution < 1.29 is 4.74 Å². The molecular formula is C18H20IN5O. The van der Waals surface area contributed by atoms with E-state index in [0.717, 1.165) is 43.0 Å². The first-order chi connectivity index (χ1) is 12.3. The first kappa shape index (κ1) is 16.6. The van der Waals surface area contributed by atoms with E-state index in [0.29, 0.717) is 6.54 Å². The van der Waals surface area contributed by atoms with E-state index in [1.807, 2.05) is 29.2 Å². The number of aromatic nitrogens is 3. The lowest BCUT2D eigenvalue weighted by Gasteiger charge is -2.30. The van der Waals surface area contributed by atoms with Crippen molar-refractivity contribution in [1.29, 1.82) is 0 Å². The van der Waals surface area contributed by atoms with E-state index in [-0.39, 0.29) is 0 Å². The zero-order valence-corrected chi connectivity index (χ0v) is 16.2. The number of hydrogen-bond donors (Lipinski definition) is 1. The summed E-state index contributed by atoms with van der Waals surface area (Å²) >= 11 is 2.38. The van der Waals surface area contributed by atoms with Crippen LogP contribution in [0.1, 0.15) is 5.56 Å². The minimum atomic E-state index is 0.697. The van der Waals surface area contributed by atoms with Crippen LogP contribution in [-0.2, 0) is 6.54 Å². The zero-order chi connectivity index (χ0) is 17.2.